The van der Waals surface area contributed by atoms with E-state index in [-0.39, 0.29) is 0 Å². The molecule has 0 aliphatic rings. The minimum Gasteiger partial charge on any atom is -0.274 e. The van der Waals surface area contributed by atoms with Crippen LogP contribution in [0.5, 0.6) is 0 Å². The summed E-state index contributed by atoms with van der Waals surface area (Å²) in [5.74, 6) is 0. The Bertz CT molecular complexity index is 212. The molecule has 0 bridgehead atoms. The average Bonchev–Trinajstić information content (AvgIpc) is 2.17. The zero-order valence-corrected chi connectivity index (χ0v) is 10.3. The summed E-state index contributed by atoms with van der Waals surface area (Å²) < 4.78 is 29.7. The first-order valence-corrected chi connectivity index (χ1v) is 5.84. The Morgan fingerprint density at radius 3 is 1.60 bits per heavy atom. The van der Waals surface area contributed by atoms with E-state index >= 15 is 0 Å². The van der Waals surface area contributed by atoms with Gasteiger partial charge in [0.15, 0.2) is 0 Å². The molecule has 0 radical (unpaired) electrons. The molecule has 94 valence electrons. The fourth-order valence-electron chi connectivity index (χ4n) is 0.508. The molecule has 0 aromatic rings. The molecule has 0 saturated carbocycles. The summed E-state index contributed by atoms with van der Waals surface area (Å²) in [6.45, 7) is 7.93. The van der Waals surface area contributed by atoms with Gasteiger partial charge in [0.1, 0.15) is 0 Å². The van der Waals surface area contributed by atoms with Crippen LogP contribution in [-0.4, -0.2) is 45.1 Å². The Labute approximate surface area is 90.8 Å². The Kier molecular flexibility index (Phi) is 11.7. The minimum atomic E-state index is -4.16. The van der Waals surface area contributed by atoms with Crippen molar-refractivity contribution in [3.05, 3.63) is 0 Å². The molecule has 0 rings (SSSR count). The molecule has 0 saturated heterocycles. The highest BCUT2D eigenvalue weighted by atomic mass is 32.3. The summed E-state index contributed by atoms with van der Waals surface area (Å²) in [6, 6.07) is 0. The van der Waals surface area contributed by atoms with Crippen molar-refractivity contribution < 1.29 is 26.8 Å². The maximum atomic E-state index is 9.33. The molecule has 0 unspecified atom stereocenters. The average molecular weight is 245 g/mol. The molecule has 0 atom stereocenters. The lowest BCUT2D eigenvalue weighted by molar-refractivity contribution is -0.362. The molecule has 0 aliphatic carbocycles. The van der Waals surface area contributed by atoms with Crippen LogP contribution in [0.3, 0.4) is 0 Å². The lowest BCUT2D eigenvalue weighted by Gasteiger charge is -2.16. The molecule has 0 spiro atoms. The van der Waals surface area contributed by atoms with Crippen LogP contribution in [0.25, 0.3) is 0 Å². The van der Waals surface area contributed by atoms with Crippen molar-refractivity contribution in [1.82, 2.24) is 5.23 Å². The first-order valence-electron chi connectivity index (χ1n) is 4.47. The van der Waals surface area contributed by atoms with Gasteiger partial charge in [-0.1, -0.05) is 5.23 Å². The van der Waals surface area contributed by atoms with Gasteiger partial charge in [0.05, 0.1) is 20.3 Å². The van der Waals surface area contributed by atoms with Crippen LogP contribution < -0.4 is 0 Å². The van der Waals surface area contributed by atoms with Crippen LogP contribution in [0, 0.1) is 0 Å². The van der Waals surface area contributed by atoms with Crippen molar-refractivity contribution in [2.45, 2.75) is 20.8 Å². The van der Waals surface area contributed by atoms with Gasteiger partial charge in [-0.25, -0.2) is 0 Å². The third-order valence-corrected chi connectivity index (χ3v) is 1.44. The van der Waals surface area contributed by atoms with Crippen LogP contribution in [0.1, 0.15) is 20.8 Å². The van der Waals surface area contributed by atoms with Crippen molar-refractivity contribution in [1.29, 1.82) is 0 Å². The van der Waals surface area contributed by atoms with Gasteiger partial charge in [0.25, 0.3) is 0 Å². The summed E-state index contributed by atoms with van der Waals surface area (Å²) in [5.41, 5.74) is 0. The number of hydrogen-bond acceptors (Lipinski definition) is 6. The summed E-state index contributed by atoms with van der Waals surface area (Å²) in [7, 11) is -3.29. The van der Waals surface area contributed by atoms with E-state index < -0.39 is 10.4 Å². The first-order chi connectivity index (χ1) is 6.91. The van der Waals surface area contributed by atoms with Crippen LogP contribution >= 0.6 is 0 Å². The molecule has 0 aromatic heterocycles. The normalized spacial score (nSPS) is 11.1. The maximum absolute atomic E-state index is 9.33. The Balaban J connectivity index is 0. The summed E-state index contributed by atoms with van der Waals surface area (Å²) >= 11 is 0. The maximum Gasteiger partial charge on any atom is 0.397 e. The molecule has 8 heteroatoms. The fraction of sp³-hybridized carbons (Fsp3) is 1.00. The smallest absolute Gasteiger partial charge is 0.274 e. The molecule has 0 aromatic carbocycles. The minimum absolute atomic E-state index is 0.661. The molecule has 0 aliphatic heterocycles. The zero-order chi connectivity index (χ0) is 12.3. The Hall–Kier alpha value is -0.250. The fourth-order valence-corrected chi connectivity index (χ4v) is 0.508. The van der Waals surface area contributed by atoms with E-state index in [4.69, 9.17) is 14.2 Å². The van der Waals surface area contributed by atoms with Gasteiger partial charge in [-0.2, -0.15) is 8.42 Å². The number of hydrogen-bond donors (Lipinski definition) is 1. The number of hydroxylamine groups is 2. The van der Waals surface area contributed by atoms with Gasteiger partial charge in [-0.05, 0) is 20.8 Å². The Morgan fingerprint density at radius 2 is 1.47 bits per heavy atom. The third kappa shape index (κ3) is 16.4. The number of rotatable bonds is 6. The van der Waals surface area contributed by atoms with Crippen molar-refractivity contribution in [3.8, 4) is 0 Å². The Morgan fingerprint density at radius 1 is 1.13 bits per heavy atom. The van der Waals surface area contributed by atoms with Gasteiger partial charge in [-0.15, -0.1) is 0 Å². The quantitative estimate of drug-likeness (QED) is 0.543. The van der Waals surface area contributed by atoms with Crippen molar-refractivity contribution >= 4 is 10.4 Å². The third-order valence-electron chi connectivity index (χ3n) is 1.01. The molecule has 0 heterocycles. The molecule has 0 fully saturated rings. The summed E-state index contributed by atoms with van der Waals surface area (Å²) in [5, 5.41) is 1.49. The van der Waals surface area contributed by atoms with Crippen molar-refractivity contribution in [3.63, 3.8) is 0 Å². The SMILES string of the molecule is CCON(CC)OCC.COS(=O)(=O)O. The zero-order valence-electron chi connectivity index (χ0n) is 9.47. The van der Waals surface area contributed by atoms with Gasteiger partial charge < -0.3 is 0 Å². The highest BCUT2D eigenvalue weighted by Gasteiger charge is 1.97. The summed E-state index contributed by atoms with van der Waals surface area (Å²) in [6.07, 6.45) is 0. The van der Waals surface area contributed by atoms with E-state index in [1.807, 2.05) is 20.8 Å². The van der Waals surface area contributed by atoms with Crippen LogP contribution in [0.2, 0.25) is 0 Å². The molecule has 7 nitrogen and oxygen atoms in total. The van der Waals surface area contributed by atoms with Crippen LogP contribution in [0.15, 0.2) is 0 Å². The highest BCUT2D eigenvalue weighted by molar-refractivity contribution is 7.80. The second kappa shape index (κ2) is 10.3. The van der Waals surface area contributed by atoms with E-state index in [0.717, 1.165) is 13.7 Å². The highest BCUT2D eigenvalue weighted by Crippen LogP contribution is 1.89. The summed E-state index contributed by atoms with van der Waals surface area (Å²) in [4.78, 5) is 10.1. The van der Waals surface area contributed by atoms with Gasteiger partial charge in [0, 0.05) is 6.54 Å². The number of nitrogens with zero attached hydrogens (tertiary/aromatic N) is 1. The molecule has 0 amide bonds. The lowest BCUT2D eigenvalue weighted by atomic mass is 10.8. The molecular weight excluding hydrogens is 226 g/mol. The first kappa shape index (κ1) is 17.2. The predicted octanol–water partition coefficient (Wildman–Crippen LogP) is 0.647. The standard InChI is InChI=1S/C6H15NO2.CH4O4S/c1-4-7(8-5-2)9-6-3;1-5-6(2,3)4/h4-6H2,1-3H3;1H3,(H,2,3,4). The predicted molar refractivity (Wildman–Crippen MR) is 54.2 cm³/mol. The van der Waals surface area contributed by atoms with Gasteiger partial charge in [-0.3, -0.25) is 18.4 Å². The van der Waals surface area contributed by atoms with E-state index in [2.05, 4.69) is 4.18 Å². The molecule has 15 heavy (non-hydrogen) atoms. The van der Waals surface area contributed by atoms with Crippen LogP contribution in [-0.2, 0) is 24.3 Å². The van der Waals surface area contributed by atoms with Crippen molar-refractivity contribution in [2.24, 2.45) is 0 Å². The van der Waals surface area contributed by atoms with E-state index in [1.54, 1.807) is 0 Å². The van der Waals surface area contributed by atoms with E-state index in [0.29, 0.717) is 13.2 Å². The van der Waals surface area contributed by atoms with E-state index in [9.17, 15) is 8.42 Å². The van der Waals surface area contributed by atoms with Crippen molar-refractivity contribution in [2.75, 3.05) is 26.9 Å². The topological polar surface area (TPSA) is 85.3 Å². The van der Waals surface area contributed by atoms with Gasteiger partial charge >= 0.3 is 10.4 Å². The second-order valence-corrected chi connectivity index (χ2v) is 3.27. The van der Waals surface area contributed by atoms with Crippen LogP contribution in [0.4, 0.5) is 0 Å². The van der Waals surface area contributed by atoms with E-state index in [1.165, 1.54) is 5.23 Å². The largest absolute Gasteiger partial charge is 0.397 e. The lowest BCUT2D eigenvalue weighted by Crippen LogP contribution is -2.23. The monoisotopic (exact) mass is 245 g/mol. The van der Waals surface area contributed by atoms with Gasteiger partial charge in [0.2, 0.25) is 0 Å². The molecular formula is C7H19NO6S. The second-order valence-electron chi connectivity index (χ2n) is 2.08. The molecule has 1 N–H and O–H groups in total.